The van der Waals surface area contributed by atoms with E-state index in [-0.39, 0.29) is 11.9 Å². The van der Waals surface area contributed by atoms with Crippen LogP contribution in [0.3, 0.4) is 0 Å². The van der Waals surface area contributed by atoms with E-state index in [9.17, 15) is 4.79 Å². The molecule has 0 aromatic heterocycles. The lowest BCUT2D eigenvalue weighted by Crippen LogP contribution is -2.51. The number of hydrogen-bond donors (Lipinski definition) is 2. The predicted octanol–water partition coefficient (Wildman–Crippen LogP) is 2.85. The normalized spacial score (nSPS) is 31.5. The zero-order chi connectivity index (χ0) is 13.7. The van der Waals surface area contributed by atoms with Crippen LogP contribution in [0.5, 0.6) is 0 Å². The molecule has 3 nitrogen and oxygen atoms in total. The van der Waals surface area contributed by atoms with Gasteiger partial charge in [-0.15, -0.1) is 0 Å². The lowest BCUT2D eigenvalue weighted by Gasteiger charge is -2.30. The molecule has 1 aliphatic heterocycles. The van der Waals surface area contributed by atoms with Gasteiger partial charge < -0.3 is 10.6 Å². The number of rotatable bonds is 3. The summed E-state index contributed by atoms with van der Waals surface area (Å²) < 4.78 is 0. The third-order valence-corrected chi connectivity index (χ3v) is 4.96. The van der Waals surface area contributed by atoms with E-state index in [1.165, 1.54) is 44.9 Å². The van der Waals surface area contributed by atoms with Crippen molar-refractivity contribution in [2.24, 2.45) is 11.8 Å². The second kappa shape index (κ2) is 7.28. The molecule has 1 heterocycles. The van der Waals surface area contributed by atoms with Crippen LogP contribution in [0, 0.1) is 11.8 Å². The molecule has 19 heavy (non-hydrogen) atoms. The molecule has 2 rings (SSSR count). The Kier molecular flexibility index (Phi) is 5.68. The first-order valence-corrected chi connectivity index (χ1v) is 8.20. The van der Waals surface area contributed by atoms with Crippen molar-refractivity contribution in [2.75, 3.05) is 6.54 Å². The molecule has 3 heteroatoms. The van der Waals surface area contributed by atoms with Gasteiger partial charge in [0.1, 0.15) is 0 Å². The minimum Gasteiger partial charge on any atom is -0.352 e. The quantitative estimate of drug-likeness (QED) is 0.771. The summed E-state index contributed by atoms with van der Waals surface area (Å²) in [5.74, 6) is 1.58. The standard InChI is InChI=1S/C16H30N2O/c1-12-9-10-17-15(11-12)16(19)18-13(2)14-7-5-3-4-6-8-14/h12-15,17H,3-11H2,1-2H3,(H,18,19)/t12?,13-,15?/m0/s1. The molecule has 1 amide bonds. The maximum absolute atomic E-state index is 12.3. The van der Waals surface area contributed by atoms with Crippen molar-refractivity contribution in [3.63, 3.8) is 0 Å². The molecular weight excluding hydrogens is 236 g/mol. The fraction of sp³-hybridized carbons (Fsp3) is 0.938. The molecule has 0 aromatic carbocycles. The lowest BCUT2D eigenvalue weighted by molar-refractivity contribution is -0.125. The van der Waals surface area contributed by atoms with Crippen LogP contribution in [0.1, 0.15) is 65.2 Å². The highest BCUT2D eigenvalue weighted by Crippen LogP contribution is 2.25. The minimum absolute atomic E-state index is 0.0389. The summed E-state index contributed by atoms with van der Waals surface area (Å²) in [5, 5.41) is 6.62. The molecule has 0 aromatic rings. The van der Waals surface area contributed by atoms with E-state index in [0.717, 1.165) is 13.0 Å². The van der Waals surface area contributed by atoms with Crippen LogP contribution in [0.15, 0.2) is 0 Å². The molecule has 1 aliphatic carbocycles. The Morgan fingerprint density at radius 2 is 1.84 bits per heavy atom. The van der Waals surface area contributed by atoms with Gasteiger partial charge in [-0.1, -0.05) is 32.6 Å². The second-order valence-electron chi connectivity index (χ2n) is 6.69. The van der Waals surface area contributed by atoms with Gasteiger partial charge in [-0.2, -0.15) is 0 Å². The van der Waals surface area contributed by atoms with Crippen LogP contribution in [0.4, 0.5) is 0 Å². The van der Waals surface area contributed by atoms with Gasteiger partial charge in [0.15, 0.2) is 0 Å². The summed E-state index contributed by atoms with van der Waals surface area (Å²) in [6, 6.07) is 0.376. The zero-order valence-electron chi connectivity index (χ0n) is 12.6. The average Bonchev–Trinajstić information content (AvgIpc) is 2.67. The van der Waals surface area contributed by atoms with Crippen molar-refractivity contribution in [3.8, 4) is 0 Å². The molecule has 2 N–H and O–H groups in total. The monoisotopic (exact) mass is 266 g/mol. The number of hydrogen-bond acceptors (Lipinski definition) is 2. The largest absolute Gasteiger partial charge is 0.352 e. The number of amides is 1. The number of nitrogens with one attached hydrogen (secondary N) is 2. The Balaban J connectivity index is 1.80. The smallest absolute Gasteiger partial charge is 0.237 e. The second-order valence-corrected chi connectivity index (χ2v) is 6.69. The Morgan fingerprint density at radius 1 is 1.16 bits per heavy atom. The Labute approximate surface area is 117 Å². The van der Waals surface area contributed by atoms with Gasteiger partial charge in [-0.3, -0.25) is 4.79 Å². The van der Waals surface area contributed by atoms with Crippen LogP contribution < -0.4 is 10.6 Å². The van der Waals surface area contributed by atoms with Crippen LogP contribution in [-0.2, 0) is 4.79 Å². The molecule has 1 saturated heterocycles. The zero-order valence-corrected chi connectivity index (χ0v) is 12.6. The van der Waals surface area contributed by atoms with Crippen molar-refractivity contribution in [2.45, 2.75) is 77.3 Å². The van der Waals surface area contributed by atoms with Crippen molar-refractivity contribution in [1.29, 1.82) is 0 Å². The Hall–Kier alpha value is -0.570. The van der Waals surface area contributed by atoms with Crippen molar-refractivity contribution < 1.29 is 4.79 Å². The van der Waals surface area contributed by atoms with Crippen LogP contribution in [-0.4, -0.2) is 24.5 Å². The molecule has 3 atom stereocenters. The number of piperidine rings is 1. The van der Waals surface area contributed by atoms with Gasteiger partial charge in [0.2, 0.25) is 5.91 Å². The van der Waals surface area contributed by atoms with Crippen molar-refractivity contribution in [3.05, 3.63) is 0 Å². The molecule has 2 unspecified atom stereocenters. The third-order valence-electron chi connectivity index (χ3n) is 4.96. The van der Waals surface area contributed by atoms with Crippen LogP contribution >= 0.6 is 0 Å². The van der Waals surface area contributed by atoms with E-state index in [1.807, 2.05) is 0 Å². The fourth-order valence-corrected chi connectivity index (χ4v) is 3.56. The maximum Gasteiger partial charge on any atom is 0.237 e. The first-order chi connectivity index (χ1) is 9.16. The van der Waals surface area contributed by atoms with E-state index in [2.05, 4.69) is 24.5 Å². The van der Waals surface area contributed by atoms with E-state index < -0.39 is 0 Å². The summed E-state index contributed by atoms with van der Waals surface area (Å²) in [4.78, 5) is 12.3. The molecule has 0 radical (unpaired) electrons. The highest BCUT2D eigenvalue weighted by atomic mass is 16.2. The number of carbonyl (C=O) groups excluding carboxylic acids is 1. The Bertz CT molecular complexity index is 284. The summed E-state index contributed by atoms with van der Waals surface area (Å²) in [6.07, 6.45) is 10.2. The van der Waals surface area contributed by atoms with E-state index in [1.54, 1.807) is 0 Å². The summed E-state index contributed by atoms with van der Waals surface area (Å²) in [6.45, 7) is 5.42. The van der Waals surface area contributed by atoms with Crippen LogP contribution in [0.2, 0.25) is 0 Å². The fourth-order valence-electron chi connectivity index (χ4n) is 3.56. The molecule has 110 valence electrons. The van der Waals surface area contributed by atoms with Gasteiger partial charge in [-0.25, -0.2) is 0 Å². The molecule has 2 aliphatic rings. The third kappa shape index (κ3) is 4.48. The van der Waals surface area contributed by atoms with Crippen LogP contribution in [0.25, 0.3) is 0 Å². The van der Waals surface area contributed by atoms with Crippen molar-refractivity contribution in [1.82, 2.24) is 10.6 Å². The van der Waals surface area contributed by atoms with E-state index >= 15 is 0 Å². The van der Waals surface area contributed by atoms with Gasteiger partial charge in [-0.05, 0) is 51.0 Å². The predicted molar refractivity (Wildman–Crippen MR) is 79.0 cm³/mol. The SMILES string of the molecule is CC1CCNC(C(=O)N[C@@H](C)C2CCCCCC2)C1. The summed E-state index contributed by atoms with van der Waals surface area (Å²) in [5.41, 5.74) is 0. The average molecular weight is 266 g/mol. The minimum atomic E-state index is 0.0389. The maximum atomic E-state index is 12.3. The molecule has 0 spiro atoms. The highest BCUT2D eigenvalue weighted by Gasteiger charge is 2.27. The summed E-state index contributed by atoms with van der Waals surface area (Å²) in [7, 11) is 0. The number of carbonyl (C=O) groups is 1. The first kappa shape index (κ1) is 14.8. The summed E-state index contributed by atoms with van der Waals surface area (Å²) >= 11 is 0. The van der Waals surface area contributed by atoms with Gasteiger partial charge in [0, 0.05) is 6.04 Å². The first-order valence-electron chi connectivity index (χ1n) is 8.20. The highest BCUT2D eigenvalue weighted by molar-refractivity contribution is 5.82. The molecule has 1 saturated carbocycles. The Morgan fingerprint density at radius 3 is 2.47 bits per heavy atom. The van der Waals surface area contributed by atoms with Gasteiger partial charge >= 0.3 is 0 Å². The van der Waals surface area contributed by atoms with E-state index in [4.69, 9.17) is 0 Å². The van der Waals surface area contributed by atoms with Gasteiger partial charge in [0.05, 0.1) is 6.04 Å². The molecule has 2 fully saturated rings. The molecule has 0 bridgehead atoms. The van der Waals surface area contributed by atoms with Crippen molar-refractivity contribution >= 4 is 5.91 Å². The lowest BCUT2D eigenvalue weighted by atomic mass is 9.91. The molecular formula is C16H30N2O. The van der Waals surface area contributed by atoms with Gasteiger partial charge in [0.25, 0.3) is 0 Å². The van der Waals surface area contributed by atoms with E-state index in [0.29, 0.717) is 17.9 Å². The topological polar surface area (TPSA) is 41.1 Å².